The molecule has 1 aliphatic rings. The van der Waals surface area contributed by atoms with E-state index in [0.29, 0.717) is 14.8 Å². The molecule has 0 bridgehead atoms. The molecule has 0 aromatic heterocycles. The van der Waals surface area contributed by atoms with Gasteiger partial charge in [0.05, 0.1) is 10.7 Å². The van der Waals surface area contributed by atoms with Gasteiger partial charge in [0.1, 0.15) is 4.32 Å². The van der Waals surface area contributed by atoms with E-state index in [9.17, 15) is 18.0 Å². The van der Waals surface area contributed by atoms with Crippen LogP contribution in [0.15, 0.2) is 59.5 Å². The zero-order valence-electron chi connectivity index (χ0n) is 23.1. The van der Waals surface area contributed by atoms with Crippen LogP contribution in [-0.2, 0) is 14.9 Å². The molecule has 2 amide bonds. The Labute approximate surface area is 247 Å². The van der Waals surface area contributed by atoms with Crippen LogP contribution >= 0.6 is 24.0 Å². The summed E-state index contributed by atoms with van der Waals surface area (Å²) < 4.78 is 31.2. The molecular formula is C29H39N3O5S3. The number of nitrogens with zero attached hydrogens (tertiary/aromatic N) is 2. The van der Waals surface area contributed by atoms with Gasteiger partial charge in [-0.25, -0.2) is 0 Å². The fraction of sp³-hybridized carbons (Fsp3) is 0.414. The third-order valence-electron chi connectivity index (χ3n) is 6.12. The third-order valence-corrected chi connectivity index (χ3v) is 8.20. The highest BCUT2D eigenvalue weighted by Crippen LogP contribution is 2.32. The van der Waals surface area contributed by atoms with Gasteiger partial charge in [-0.3, -0.25) is 19.0 Å². The van der Waals surface area contributed by atoms with Crippen molar-refractivity contribution in [1.82, 2.24) is 4.90 Å². The number of hydrogen-bond acceptors (Lipinski definition) is 7. The minimum atomic E-state index is -4.15. The van der Waals surface area contributed by atoms with Gasteiger partial charge in [0, 0.05) is 30.9 Å². The Bertz CT molecular complexity index is 1240. The van der Waals surface area contributed by atoms with Gasteiger partial charge in [0.2, 0.25) is 5.91 Å². The SMILES string of the molecule is CCCCCN(CCCCC)c1ccc(C=C2SC(=S)N(CCS(=O)(=O)O)C2=O)cc1.NC(=O)c1ccccc1. The highest BCUT2D eigenvalue weighted by molar-refractivity contribution is 8.26. The Balaban J connectivity index is 0.000000526. The van der Waals surface area contributed by atoms with Crippen LogP contribution in [-0.4, -0.2) is 59.4 Å². The molecule has 1 saturated heterocycles. The lowest BCUT2D eigenvalue weighted by atomic mass is 10.1. The number of rotatable bonds is 14. The number of anilines is 1. The molecule has 3 N–H and O–H groups in total. The molecule has 0 radical (unpaired) electrons. The quantitative estimate of drug-likeness (QED) is 0.121. The van der Waals surface area contributed by atoms with E-state index in [4.69, 9.17) is 22.5 Å². The van der Waals surface area contributed by atoms with Gasteiger partial charge in [-0.05, 0) is 48.7 Å². The predicted octanol–water partition coefficient (Wildman–Crippen LogP) is 5.75. The van der Waals surface area contributed by atoms with E-state index in [1.54, 1.807) is 30.3 Å². The van der Waals surface area contributed by atoms with Crippen molar-refractivity contribution < 1.29 is 22.6 Å². The third kappa shape index (κ3) is 11.8. The molecule has 2 aromatic carbocycles. The summed E-state index contributed by atoms with van der Waals surface area (Å²) >= 11 is 6.35. The van der Waals surface area contributed by atoms with Gasteiger partial charge in [-0.15, -0.1) is 0 Å². The van der Waals surface area contributed by atoms with Crippen molar-refractivity contribution >= 4 is 62.0 Å². The number of carbonyl (C=O) groups is 2. The number of benzene rings is 2. The topological polar surface area (TPSA) is 121 Å². The zero-order valence-corrected chi connectivity index (χ0v) is 25.6. The smallest absolute Gasteiger partial charge is 0.266 e. The average Bonchev–Trinajstić information content (AvgIpc) is 3.19. The molecule has 0 aliphatic carbocycles. The Hall–Kier alpha value is -2.73. The van der Waals surface area contributed by atoms with E-state index in [-0.39, 0.29) is 18.4 Å². The van der Waals surface area contributed by atoms with Crippen LogP contribution in [0.5, 0.6) is 0 Å². The molecule has 0 unspecified atom stereocenters. The molecule has 8 nitrogen and oxygen atoms in total. The highest BCUT2D eigenvalue weighted by Gasteiger charge is 2.32. The second-order valence-corrected chi connectivity index (χ2v) is 12.6. The van der Waals surface area contributed by atoms with E-state index in [1.807, 2.05) is 18.2 Å². The van der Waals surface area contributed by atoms with Crippen LogP contribution in [0.1, 0.15) is 68.3 Å². The number of thiocarbonyl (C=S) groups is 1. The second kappa shape index (κ2) is 17.2. The highest BCUT2D eigenvalue weighted by atomic mass is 32.2. The predicted molar refractivity (Wildman–Crippen MR) is 169 cm³/mol. The van der Waals surface area contributed by atoms with Gasteiger partial charge in [0.15, 0.2) is 0 Å². The van der Waals surface area contributed by atoms with E-state index >= 15 is 0 Å². The summed E-state index contributed by atoms with van der Waals surface area (Å²) in [5.74, 6) is -1.24. The molecule has 0 atom stereocenters. The van der Waals surface area contributed by atoms with E-state index in [0.717, 1.165) is 30.4 Å². The number of thioether (sulfide) groups is 1. The van der Waals surface area contributed by atoms with Crippen molar-refractivity contribution in [2.24, 2.45) is 5.73 Å². The van der Waals surface area contributed by atoms with E-state index < -0.39 is 15.9 Å². The van der Waals surface area contributed by atoms with Crippen LogP contribution in [0.2, 0.25) is 0 Å². The van der Waals surface area contributed by atoms with Crippen molar-refractivity contribution in [2.45, 2.75) is 52.4 Å². The van der Waals surface area contributed by atoms with Gasteiger partial charge >= 0.3 is 0 Å². The molecule has 2 aromatic rings. The van der Waals surface area contributed by atoms with Crippen LogP contribution in [0.4, 0.5) is 5.69 Å². The molecule has 0 saturated carbocycles. The monoisotopic (exact) mass is 605 g/mol. The van der Waals surface area contributed by atoms with Gasteiger partial charge in [0.25, 0.3) is 16.0 Å². The standard InChI is InChI=1S/C22H32N2O4S3.C7H7NO/c1-3-5-7-13-23(14-8-6-4-2)19-11-9-18(10-12-19)17-20-21(25)24(22(29)30-20)15-16-31(26,27)28;8-7(9)6-4-2-1-3-5-6/h9-12,17H,3-8,13-16H2,1-2H3,(H,26,27,28);1-5H,(H2,8,9). The Morgan fingerprint density at radius 1 is 1.00 bits per heavy atom. The minimum absolute atomic E-state index is 0.149. The van der Waals surface area contributed by atoms with Crippen LogP contribution in [0.25, 0.3) is 6.08 Å². The summed E-state index contributed by atoms with van der Waals surface area (Å²) in [7, 11) is -4.15. The lowest BCUT2D eigenvalue weighted by Gasteiger charge is -2.25. The fourth-order valence-corrected chi connectivity index (χ4v) is 5.63. The Morgan fingerprint density at radius 3 is 2.05 bits per heavy atom. The minimum Gasteiger partial charge on any atom is -0.372 e. The van der Waals surface area contributed by atoms with Crippen LogP contribution in [0, 0.1) is 0 Å². The molecular weight excluding hydrogens is 567 g/mol. The molecule has 1 heterocycles. The summed E-state index contributed by atoms with van der Waals surface area (Å²) in [6.07, 6.45) is 8.97. The fourth-order valence-electron chi connectivity index (χ4n) is 3.91. The number of nitrogens with two attached hydrogens (primary N) is 1. The number of amides is 2. The first-order valence-corrected chi connectivity index (χ1v) is 16.3. The molecule has 3 rings (SSSR count). The van der Waals surface area contributed by atoms with Crippen molar-refractivity contribution in [3.8, 4) is 0 Å². The molecule has 1 aliphatic heterocycles. The molecule has 1 fully saturated rings. The number of carbonyl (C=O) groups excluding carboxylic acids is 2. The van der Waals surface area contributed by atoms with Crippen molar-refractivity contribution in [1.29, 1.82) is 0 Å². The summed E-state index contributed by atoms with van der Waals surface area (Å²) in [4.78, 5) is 27.1. The first-order chi connectivity index (χ1) is 19.1. The summed E-state index contributed by atoms with van der Waals surface area (Å²) in [6.45, 7) is 6.36. The molecule has 40 heavy (non-hydrogen) atoms. The zero-order chi connectivity index (χ0) is 29.5. The molecule has 218 valence electrons. The normalized spacial score (nSPS) is 14.3. The lowest BCUT2D eigenvalue weighted by Crippen LogP contribution is -2.32. The van der Waals surface area contributed by atoms with Crippen molar-refractivity contribution in [3.63, 3.8) is 0 Å². The van der Waals surface area contributed by atoms with Crippen molar-refractivity contribution in [2.75, 3.05) is 30.3 Å². The summed E-state index contributed by atoms with van der Waals surface area (Å²) in [5.41, 5.74) is 7.60. The van der Waals surface area contributed by atoms with Gasteiger partial charge < -0.3 is 10.6 Å². The first kappa shape index (κ1) is 33.5. The summed E-state index contributed by atoms with van der Waals surface area (Å²) in [6, 6.07) is 16.9. The average molecular weight is 606 g/mol. The van der Waals surface area contributed by atoms with E-state index in [1.165, 1.54) is 49.1 Å². The van der Waals surface area contributed by atoms with Crippen molar-refractivity contribution in [3.05, 3.63) is 70.6 Å². The maximum Gasteiger partial charge on any atom is 0.266 e. The maximum atomic E-state index is 12.6. The van der Waals surface area contributed by atoms with Gasteiger partial charge in [-0.1, -0.05) is 93.8 Å². The number of primary amides is 1. The Kier molecular flexibility index (Phi) is 14.4. The van der Waals surface area contributed by atoms with E-state index in [2.05, 4.69) is 30.9 Å². The van der Waals surface area contributed by atoms with Crippen LogP contribution in [0.3, 0.4) is 0 Å². The largest absolute Gasteiger partial charge is 0.372 e. The number of unbranched alkanes of at least 4 members (excludes halogenated alkanes) is 4. The van der Waals surface area contributed by atoms with Gasteiger partial charge in [-0.2, -0.15) is 8.42 Å². The summed E-state index contributed by atoms with van der Waals surface area (Å²) in [5, 5.41) is 0. The Morgan fingerprint density at radius 2 is 1.57 bits per heavy atom. The van der Waals surface area contributed by atoms with Crippen LogP contribution < -0.4 is 10.6 Å². The maximum absolute atomic E-state index is 12.6. The number of hydrogen-bond donors (Lipinski definition) is 2. The second-order valence-electron chi connectivity index (χ2n) is 9.34. The first-order valence-electron chi connectivity index (χ1n) is 13.5. The molecule has 0 spiro atoms. The lowest BCUT2D eigenvalue weighted by molar-refractivity contribution is -0.121. The molecule has 11 heteroatoms.